The number of amides is 1. The van der Waals surface area contributed by atoms with Crippen LogP contribution >= 0.6 is 0 Å². The largest absolute Gasteiger partial charge is 0.395 e. The van der Waals surface area contributed by atoms with Crippen molar-refractivity contribution < 1.29 is 4.79 Å². The van der Waals surface area contributed by atoms with Gasteiger partial charge in [-0.2, -0.15) is 0 Å². The van der Waals surface area contributed by atoms with Crippen molar-refractivity contribution in [2.24, 2.45) is 17.5 Å². The number of hydrazine groups is 1. The van der Waals surface area contributed by atoms with E-state index in [2.05, 4.69) is 17.2 Å². The van der Waals surface area contributed by atoms with Crippen LogP contribution in [0.1, 0.15) is 43.1 Å². The van der Waals surface area contributed by atoms with Crippen LogP contribution in [0.5, 0.6) is 0 Å². The van der Waals surface area contributed by atoms with Crippen LogP contribution in [0.3, 0.4) is 0 Å². The minimum atomic E-state index is 0.275. The Hall–Kier alpha value is -2.12. The third-order valence-corrected chi connectivity index (χ3v) is 5.23. The summed E-state index contributed by atoms with van der Waals surface area (Å²) in [5.74, 6) is 6.83. The Labute approximate surface area is 162 Å². The molecule has 1 amide bonds. The maximum Gasteiger partial charge on any atom is 0.210 e. The van der Waals surface area contributed by atoms with Crippen LogP contribution in [0.25, 0.3) is 5.70 Å². The van der Waals surface area contributed by atoms with Gasteiger partial charge in [-0.3, -0.25) is 9.78 Å². The zero-order valence-corrected chi connectivity index (χ0v) is 17.0. The highest BCUT2D eigenvalue weighted by Gasteiger charge is 2.26. The monoisotopic (exact) mass is 374 g/mol. The highest BCUT2D eigenvalue weighted by Crippen LogP contribution is 2.33. The molecule has 0 aliphatic heterocycles. The lowest BCUT2D eigenvalue weighted by molar-refractivity contribution is -0.118. The molecule has 1 aromatic rings. The third-order valence-electron chi connectivity index (χ3n) is 5.23. The molecule has 27 heavy (non-hydrogen) atoms. The number of hydrogen-bond acceptors (Lipinski definition) is 6. The van der Waals surface area contributed by atoms with E-state index in [-0.39, 0.29) is 6.04 Å². The van der Waals surface area contributed by atoms with Gasteiger partial charge in [-0.25, -0.2) is 5.84 Å². The van der Waals surface area contributed by atoms with Crippen LogP contribution in [0.2, 0.25) is 0 Å². The molecule has 1 unspecified atom stereocenters. The summed E-state index contributed by atoms with van der Waals surface area (Å²) in [5, 5.41) is 4.80. The second-order valence-electron chi connectivity index (χ2n) is 7.48. The molecule has 1 aliphatic carbocycles. The number of pyridine rings is 1. The Balaban J connectivity index is 2.20. The van der Waals surface area contributed by atoms with Gasteiger partial charge in [0.2, 0.25) is 6.41 Å². The quantitative estimate of drug-likeness (QED) is 0.306. The van der Waals surface area contributed by atoms with Crippen LogP contribution in [-0.2, 0) is 11.2 Å². The average molecular weight is 375 g/mol. The summed E-state index contributed by atoms with van der Waals surface area (Å²) in [7, 11) is 3.68. The molecule has 0 radical (unpaired) electrons. The predicted molar refractivity (Wildman–Crippen MR) is 109 cm³/mol. The van der Waals surface area contributed by atoms with Crippen LogP contribution in [0.15, 0.2) is 17.8 Å². The van der Waals surface area contributed by atoms with Crippen molar-refractivity contribution >= 4 is 12.1 Å². The summed E-state index contributed by atoms with van der Waals surface area (Å²) in [4.78, 5) is 18.1. The summed E-state index contributed by atoms with van der Waals surface area (Å²) in [6.45, 7) is 5.09. The summed E-state index contributed by atoms with van der Waals surface area (Å²) >= 11 is 0. The number of likely N-dealkylation sites (N-methyl/N-ethyl adjacent to an activating group) is 2. The zero-order valence-electron chi connectivity index (χ0n) is 17.0. The summed E-state index contributed by atoms with van der Waals surface area (Å²) < 4.78 is 0. The average Bonchev–Trinajstić information content (AvgIpc) is 3.47. The molecule has 1 aromatic heterocycles. The van der Waals surface area contributed by atoms with Crippen molar-refractivity contribution in [2.75, 3.05) is 27.2 Å². The Morgan fingerprint density at radius 2 is 2.15 bits per heavy atom. The molecule has 0 spiro atoms. The molecule has 7 heteroatoms. The molecule has 0 bridgehead atoms. The number of carbonyl (C=O) groups excluding carboxylic acids is 1. The first-order valence-electron chi connectivity index (χ1n) is 9.70. The second-order valence-corrected chi connectivity index (χ2v) is 7.48. The van der Waals surface area contributed by atoms with E-state index >= 15 is 0 Å². The van der Waals surface area contributed by atoms with E-state index in [1.165, 1.54) is 17.9 Å². The number of rotatable bonds is 11. The number of carbonyl (C=O) groups is 1. The fraction of sp³-hybridized carbons (Fsp3) is 0.600. The lowest BCUT2D eigenvalue weighted by atomic mass is 10.1. The van der Waals surface area contributed by atoms with E-state index in [0.717, 1.165) is 36.4 Å². The number of nitrogens with one attached hydrogen (secondary N) is 1. The maximum absolute atomic E-state index is 11.7. The Bertz CT molecular complexity index is 668. The summed E-state index contributed by atoms with van der Waals surface area (Å²) in [6.07, 6.45) is 5.39. The molecule has 0 saturated heterocycles. The fourth-order valence-corrected chi connectivity index (χ4v) is 3.27. The van der Waals surface area contributed by atoms with Crippen molar-refractivity contribution in [1.29, 1.82) is 0 Å². The Morgan fingerprint density at radius 1 is 1.44 bits per heavy atom. The van der Waals surface area contributed by atoms with Gasteiger partial charge in [-0.15, -0.1) is 0 Å². The van der Waals surface area contributed by atoms with Crippen LogP contribution in [0, 0.1) is 12.8 Å². The van der Waals surface area contributed by atoms with E-state index in [1.807, 2.05) is 26.1 Å². The van der Waals surface area contributed by atoms with Crippen LogP contribution in [0.4, 0.5) is 0 Å². The SMILES string of the molecule is CCc1nc(/C(N)=C(\CN(C=O)CC(CC2CC2)NC)N(C)N)ccc1C. The van der Waals surface area contributed by atoms with E-state index in [9.17, 15) is 4.79 Å². The molecule has 150 valence electrons. The highest BCUT2D eigenvalue weighted by atomic mass is 16.1. The molecule has 0 aromatic carbocycles. The van der Waals surface area contributed by atoms with Crippen LogP contribution < -0.4 is 16.9 Å². The minimum Gasteiger partial charge on any atom is -0.395 e. The number of nitrogens with zero attached hydrogens (tertiary/aromatic N) is 3. The van der Waals surface area contributed by atoms with Gasteiger partial charge in [0.25, 0.3) is 0 Å². The van der Waals surface area contributed by atoms with Gasteiger partial charge in [0.15, 0.2) is 0 Å². The fourth-order valence-electron chi connectivity index (χ4n) is 3.27. The molecule has 1 aliphatic rings. The lowest BCUT2D eigenvalue weighted by Crippen LogP contribution is -2.43. The lowest BCUT2D eigenvalue weighted by Gasteiger charge is -2.28. The van der Waals surface area contributed by atoms with Crippen molar-refractivity contribution in [2.45, 2.75) is 45.6 Å². The third kappa shape index (κ3) is 5.94. The first-order chi connectivity index (χ1) is 12.9. The first kappa shape index (κ1) is 21.2. The normalized spacial score (nSPS) is 15.9. The molecule has 1 atom stereocenters. The highest BCUT2D eigenvalue weighted by molar-refractivity contribution is 5.64. The van der Waals surface area contributed by atoms with E-state index < -0.39 is 0 Å². The van der Waals surface area contributed by atoms with Gasteiger partial charge in [0.1, 0.15) is 0 Å². The molecular weight excluding hydrogens is 340 g/mol. The maximum atomic E-state index is 11.7. The molecule has 2 rings (SSSR count). The zero-order chi connectivity index (χ0) is 20.0. The molecule has 1 saturated carbocycles. The Morgan fingerprint density at radius 3 is 2.67 bits per heavy atom. The Kier molecular flexibility index (Phi) is 7.62. The summed E-state index contributed by atoms with van der Waals surface area (Å²) in [5.41, 5.74) is 10.4. The van der Waals surface area contributed by atoms with Gasteiger partial charge in [-0.05, 0) is 44.4 Å². The van der Waals surface area contributed by atoms with Gasteiger partial charge in [-0.1, -0.05) is 25.8 Å². The number of aromatic nitrogens is 1. The van der Waals surface area contributed by atoms with Crippen molar-refractivity contribution in [3.63, 3.8) is 0 Å². The number of nitrogens with two attached hydrogens (primary N) is 2. The van der Waals surface area contributed by atoms with Crippen LogP contribution in [-0.4, -0.2) is 54.5 Å². The molecule has 1 fully saturated rings. The molecule has 7 nitrogen and oxygen atoms in total. The standard InChI is InChI=1S/C20H34N6O/c1-5-17-14(2)6-9-18(24-17)20(21)19(25(4)22)12-26(13-27)11-16(23-3)10-15-7-8-15/h6,9,13,15-16,23H,5,7-8,10-12,21-22H2,1-4H3/b20-19-. The van der Waals surface area contributed by atoms with Gasteiger partial charge in [0, 0.05) is 25.3 Å². The van der Waals surface area contributed by atoms with Gasteiger partial charge >= 0.3 is 0 Å². The summed E-state index contributed by atoms with van der Waals surface area (Å²) in [6, 6.07) is 4.20. The van der Waals surface area contributed by atoms with Gasteiger partial charge in [0.05, 0.1) is 23.6 Å². The van der Waals surface area contributed by atoms with Crippen molar-refractivity contribution in [3.05, 3.63) is 34.8 Å². The van der Waals surface area contributed by atoms with Gasteiger partial charge < -0.3 is 21.0 Å². The molecule has 1 heterocycles. The predicted octanol–water partition coefficient (Wildman–Crippen LogP) is 1.23. The smallest absolute Gasteiger partial charge is 0.210 e. The number of hydrogen-bond donors (Lipinski definition) is 3. The van der Waals surface area contributed by atoms with E-state index in [1.54, 1.807) is 11.9 Å². The topological polar surface area (TPSA) is 101 Å². The minimum absolute atomic E-state index is 0.275. The second kappa shape index (κ2) is 9.71. The first-order valence-corrected chi connectivity index (χ1v) is 9.70. The number of aryl methyl sites for hydroxylation is 2. The molecule has 5 N–H and O–H groups in total. The van der Waals surface area contributed by atoms with Crippen molar-refractivity contribution in [1.82, 2.24) is 20.2 Å². The van der Waals surface area contributed by atoms with E-state index in [0.29, 0.717) is 30.2 Å². The van der Waals surface area contributed by atoms with E-state index in [4.69, 9.17) is 11.6 Å². The van der Waals surface area contributed by atoms with Crippen molar-refractivity contribution in [3.8, 4) is 0 Å². The molecular formula is C20H34N6O.